The summed E-state index contributed by atoms with van der Waals surface area (Å²) in [5.74, 6) is 1.03. The van der Waals surface area contributed by atoms with Crippen molar-refractivity contribution in [1.29, 1.82) is 0 Å². The maximum absolute atomic E-state index is 13.7. The van der Waals surface area contributed by atoms with Gasteiger partial charge in [0.15, 0.2) is 0 Å². The summed E-state index contributed by atoms with van der Waals surface area (Å²) >= 11 is 5.93. The van der Waals surface area contributed by atoms with Gasteiger partial charge in [-0.2, -0.15) is 0 Å². The van der Waals surface area contributed by atoms with Gasteiger partial charge >= 0.3 is 0 Å². The topological polar surface area (TPSA) is 77.6 Å². The predicted molar refractivity (Wildman–Crippen MR) is 134 cm³/mol. The number of nitrogens with zero attached hydrogens (tertiary/aromatic N) is 3. The number of benzene rings is 1. The average molecular weight is 472 g/mol. The van der Waals surface area contributed by atoms with Crippen molar-refractivity contribution in [2.45, 2.75) is 27.7 Å². The second-order valence-electron chi connectivity index (χ2n) is 9.29. The molecule has 33 heavy (non-hydrogen) atoms. The van der Waals surface area contributed by atoms with Crippen molar-refractivity contribution in [1.82, 2.24) is 15.2 Å². The first kappa shape index (κ1) is 25.0. The molecule has 8 heteroatoms. The van der Waals surface area contributed by atoms with E-state index in [1.54, 1.807) is 36.5 Å². The number of hydrogen-bond acceptors (Lipinski definition) is 5. The Morgan fingerprint density at radius 2 is 1.70 bits per heavy atom. The van der Waals surface area contributed by atoms with Crippen LogP contribution >= 0.6 is 11.6 Å². The number of piperazine rings is 1. The summed E-state index contributed by atoms with van der Waals surface area (Å²) in [6.45, 7) is 13.0. The van der Waals surface area contributed by atoms with Crippen LogP contribution in [0.25, 0.3) is 0 Å². The minimum atomic E-state index is -0.275. The molecule has 1 aliphatic rings. The molecule has 0 radical (unpaired) electrons. The van der Waals surface area contributed by atoms with Crippen LogP contribution in [0.4, 0.5) is 11.5 Å². The Hall–Kier alpha value is -2.64. The molecule has 1 fully saturated rings. The molecule has 0 aliphatic carbocycles. The van der Waals surface area contributed by atoms with E-state index in [2.05, 4.69) is 48.2 Å². The molecule has 0 atom stereocenters. The number of aromatic nitrogens is 1. The fourth-order valence-electron chi connectivity index (χ4n) is 3.91. The van der Waals surface area contributed by atoms with E-state index in [0.717, 1.165) is 26.2 Å². The lowest BCUT2D eigenvalue weighted by Gasteiger charge is -2.32. The summed E-state index contributed by atoms with van der Waals surface area (Å²) in [6, 6.07) is 8.44. The van der Waals surface area contributed by atoms with Gasteiger partial charge in [0.2, 0.25) is 0 Å². The maximum atomic E-state index is 13.7. The van der Waals surface area contributed by atoms with Crippen LogP contribution in [-0.2, 0) is 0 Å². The van der Waals surface area contributed by atoms with Crippen molar-refractivity contribution in [2.24, 2.45) is 11.8 Å². The highest BCUT2D eigenvalue weighted by Crippen LogP contribution is 2.25. The zero-order valence-electron chi connectivity index (χ0n) is 19.9. The number of pyridine rings is 1. The van der Waals surface area contributed by atoms with Gasteiger partial charge in [-0.3, -0.25) is 9.59 Å². The van der Waals surface area contributed by atoms with Gasteiger partial charge in [-0.05, 0) is 42.2 Å². The van der Waals surface area contributed by atoms with Crippen molar-refractivity contribution < 1.29 is 9.59 Å². The summed E-state index contributed by atoms with van der Waals surface area (Å²) in [5.41, 5.74) is 1.50. The molecule has 7 nitrogen and oxygen atoms in total. The molecule has 0 saturated carbocycles. The standard InChI is InChI=1S/C25H34ClN5O2/c1-17(2)15-31(16-18(3)4)25(33)22-13-21(14-28-23(22)30-11-9-27-10-12-30)29-24(32)19-5-7-20(26)8-6-19/h5-8,13-14,17-18,27H,9-12,15-16H2,1-4H3,(H,29,32). The number of rotatable bonds is 8. The number of carbonyl (C=O) groups excluding carboxylic acids is 2. The molecular formula is C25H34ClN5O2. The Morgan fingerprint density at radius 1 is 1.09 bits per heavy atom. The second kappa shape index (κ2) is 11.5. The largest absolute Gasteiger partial charge is 0.353 e. The van der Waals surface area contributed by atoms with Gasteiger partial charge in [0, 0.05) is 49.9 Å². The molecule has 1 aromatic heterocycles. The van der Waals surface area contributed by atoms with Gasteiger partial charge in [-0.1, -0.05) is 39.3 Å². The second-order valence-corrected chi connectivity index (χ2v) is 9.73. The van der Waals surface area contributed by atoms with E-state index in [1.807, 2.05) is 4.90 Å². The van der Waals surface area contributed by atoms with Crippen LogP contribution in [0.3, 0.4) is 0 Å². The Morgan fingerprint density at radius 3 is 2.27 bits per heavy atom. The van der Waals surface area contributed by atoms with Crippen LogP contribution in [0.2, 0.25) is 5.02 Å². The van der Waals surface area contributed by atoms with Crippen molar-refractivity contribution in [3.8, 4) is 0 Å². The van der Waals surface area contributed by atoms with Crippen LogP contribution in [0, 0.1) is 11.8 Å². The summed E-state index contributed by atoms with van der Waals surface area (Å²) in [7, 11) is 0. The highest BCUT2D eigenvalue weighted by Gasteiger charge is 2.26. The van der Waals surface area contributed by atoms with Gasteiger partial charge in [0.25, 0.3) is 11.8 Å². The molecule has 2 N–H and O–H groups in total. The van der Waals surface area contributed by atoms with Crippen LogP contribution in [0.5, 0.6) is 0 Å². The first-order valence-corrected chi connectivity index (χ1v) is 11.9. The minimum Gasteiger partial charge on any atom is -0.353 e. The first-order valence-electron chi connectivity index (χ1n) is 11.6. The fourth-order valence-corrected chi connectivity index (χ4v) is 4.03. The summed E-state index contributed by atoms with van der Waals surface area (Å²) in [4.78, 5) is 35.1. The normalized spacial score (nSPS) is 14.0. The highest BCUT2D eigenvalue weighted by molar-refractivity contribution is 6.30. The molecule has 3 rings (SSSR count). The van der Waals surface area contributed by atoms with E-state index in [0.29, 0.717) is 52.6 Å². The molecule has 1 aromatic carbocycles. The van der Waals surface area contributed by atoms with E-state index >= 15 is 0 Å². The van der Waals surface area contributed by atoms with Gasteiger partial charge < -0.3 is 20.4 Å². The Bertz CT molecular complexity index is 946. The van der Waals surface area contributed by atoms with Crippen molar-refractivity contribution in [3.63, 3.8) is 0 Å². The Labute approximate surface area is 201 Å². The third-order valence-electron chi connectivity index (χ3n) is 5.34. The predicted octanol–water partition coefficient (Wildman–Crippen LogP) is 4.15. The maximum Gasteiger partial charge on any atom is 0.257 e. The Balaban J connectivity index is 1.93. The van der Waals surface area contributed by atoms with Crippen LogP contribution in [0.15, 0.2) is 36.5 Å². The quantitative estimate of drug-likeness (QED) is 0.604. The molecule has 2 heterocycles. The lowest BCUT2D eigenvalue weighted by Crippen LogP contribution is -2.45. The van der Waals surface area contributed by atoms with Gasteiger partial charge in [0.05, 0.1) is 17.4 Å². The summed E-state index contributed by atoms with van der Waals surface area (Å²) < 4.78 is 0. The summed E-state index contributed by atoms with van der Waals surface area (Å²) in [5, 5.41) is 6.78. The zero-order chi connectivity index (χ0) is 24.0. The molecule has 2 amide bonds. The van der Waals surface area contributed by atoms with E-state index in [1.165, 1.54) is 0 Å². The zero-order valence-corrected chi connectivity index (χ0v) is 20.7. The van der Waals surface area contributed by atoms with Gasteiger partial charge in [-0.15, -0.1) is 0 Å². The first-order chi connectivity index (χ1) is 15.7. The molecule has 0 unspecified atom stereocenters. The number of halogens is 1. The number of hydrogen-bond donors (Lipinski definition) is 2. The van der Waals surface area contributed by atoms with Crippen LogP contribution in [-0.4, -0.2) is 61.0 Å². The van der Waals surface area contributed by atoms with Crippen LogP contribution in [0.1, 0.15) is 48.4 Å². The van der Waals surface area contributed by atoms with E-state index in [-0.39, 0.29) is 11.8 Å². The van der Waals surface area contributed by atoms with Crippen molar-refractivity contribution in [2.75, 3.05) is 49.5 Å². The summed E-state index contributed by atoms with van der Waals surface area (Å²) in [6.07, 6.45) is 1.62. The average Bonchev–Trinajstić information content (AvgIpc) is 2.78. The monoisotopic (exact) mass is 471 g/mol. The van der Waals surface area contributed by atoms with E-state index in [4.69, 9.17) is 11.6 Å². The smallest absolute Gasteiger partial charge is 0.257 e. The number of nitrogens with one attached hydrogen (secondary N) is 2. The molecule has 1 saturated heterocycles. The highest BCUT2D eigenvalue weighted by atomic mass is 35.5. The molecule has 0 spiro atoms. The van der Waals surface area contributed by atoms with Crippen LogP contribution < -0.4 is 15.5 Å². The van der Waals surface area contributed by atoms with Gasteiger partial charge in [-0.25, -0.2) is 4.98 Å². The SMILES string of the molecule is CC(C)CN(CC(C)C)C(=O)c1cc(NC(=O)c2ccc(Cl)cc2)cnc1N1CCNCC1. The molecule has 0 bridgehead atoms. The third-order valence-corrected chi connectivity index (χ3v) is 5.59. The lowest BCUT2D eigenvalue weighted by atomic mass is 10.1. The molecule has 178 valence electrons. The molecule has 2 aromatic rings. The van der Waals surface area contributed by atoms with E-state index in [9.17, 15) is 9.59 Å². The van der Waals surface area contributed by atoms with Gasteiger partial charge in [0.1, 0.15) is 5.82 Å². The number of carbonyl (C=O) groups is 2. The Kier molecular flexibility index (Phi) is 8.69. The molecular weight excluding hydrogens is 438 g/mol. The molecule has 1 aliphatic heterocycles. The van der Waals surface area contributed by atoms with E-state index < -0.39 is 0 Å². The van der Waals surface area contributed by atoms with Crippen molar-refractivity contribution in [3.05, 3.63) is 52.7 Å². The lowest BCUT2D eigenvalue weighted by molar-refractivity contribution is 0.0715. The minimum absolute atomic E-state index is 0.0546. The number of anilines is 2. The number of amides is 2. The fraction of sp³-hybridized carbons (Fsp3) is 0.480. The third kappa shape index (κ3) is 6.92. The van der Waals surface area contributed by atoms with Crippen molar-refractivity contribution >= 4 is 34.9 Å².